The quantitative estimate of drug-likeness (QED) is 0.154. The van der Waals surface area contributed by atoms with E-state index in [4.69, 9.17) is 28.4 Å². The molecule has 48 heavy (non-hydrogen) atoms. The van der Waals surface area contributed by atoms with E-state index in [0.29, 0.717) is 26.4 Å². The summed E-state index contributed by atoms with van der Waals surface area (Å²) in [4.78, 5) is 6.95. The van der Waals surface area contributed by atoms with Gasteiger partial charge in [0.05, 0.1) is 56.0 Å². The summed E-state index contributed by atoms with van der Waals surface area (Å²) in [5, 5.41) is 3.70. The van der Waals surface area contributed by atoms with Crippen molar-refractivity contribution in [2.75, 3.05) is 90.2 Å². The van der Waals surface area contributed by atoms with Crippen LogP contribution in [0.2, 0.25) is 0 Å². The molecule has 0 unspecified atom stereocenters. The Morgan fingerprint density at radius 3 is 2.38 bits per heavy atom. The highest BCUT2D eigenvalue weighted by Gasteiger charge is 2.24. The van der Waals surface area contributed by atoms with Crippen molar-refractivity contribution in [3.8, 4) is 34.1 Å². The second-order valence-corrected chi connectivity index (χ2v) is 13.2. The van der Waals surface area contributed by atoms with Gasteiger partial charge in [0.2, 0.25) is 0 Å². The van der Waals surface area contributed by atoms with E-state index in [9.17, 15) is 0 Å². The van der Waals surface area contributed by atoms with E-state index in [0.717, 1.165) is 107 Å². The molecule has 2 saturated heterocycles. The van der Waals surface area contributed by atoms with Crippen LogP contribution in [0.4, 0.5) is 11.4 Å². The molecule has 1 atom stereocenters. The molecule has 0 aliphatic carbocycles. The first-order chi connectivity index (χ1) is 23.6. The van der Waals surface area contributed by atoms with E-state index in [1.165, 1.54) is 0 Å². The molecular weight excluding hydrogens is 627 g/mol. The van der Waals surface area contributed by atoms with E-state index < -0.39 is 0 Å². The molecule has 4 aromatic rings. The molecule has 0 amide bonds. The number of nitrogens with one attached hydrogen (secondary N) is 1. The number of anilines is 2. The van der Waals surface area contributed by atoms with Crippen LogP contribution in [0.15, 0.2) is 88.7 Å². The van der Waals surface area contributed by atoms with Crippen LogP contribution >= 0.6 is 11.8 Å². The number of rotatable bonds is 12. The molecule has 3 aliphatic heterocycles. The summed E-state index contributed by atoms with van der Waals surface area (Å²) in [7, 11) is 3.43. The summed E-state index contributed by atoms with van der Waals surface area (Å²) in [6.45, 7) is 8.52. The molecule has 1 N–H and O–H groups in total. The van der Waals surface area contributed by atoms with Crippen LogP contribution in [-0.2, 0) is 20.8 Å². The Morgan fingerprint density at radius 1 is 0.812 bits per heavy atom. The molecule has 10 heteroatoms. The van der Waals surface area contributed by atoms with E-state index in [1.807, 2.05) is 24.3 Å². The highest BCUT2D eigenvalue weighted by molar-refractivity contribution is 7.99. The zero-order valence-electron chi connectivity index (χ0n) is 27.6. The van der Waals surface area contributed by atoms with Gasteiger partial charge >= 0.3 is 0 Å². The van der Waals surface area contributed by atoms with Crippen molar-refractivity contribution in [2.24, 2.45) is 0 Å². The summed E-state index contributed by atoms with van der Waals surface area (Å²) < 4.78 is 35.2. The topological polar surface area (TPSA) is 73.9 Å². The highest BCUT2D eigenvalue weighted by atomic mass is 32.2. The van der Waals surface area contributed by atoms with Crippen LogP contribution in [-0.4, -0.2) is 90.9 Å². The van der Waals surface area contributed by atoms with Gasteiger partial charge in [-0.1, -0.05) is 36.0 Å². The van der Waals surface area contributed by atoms with Gasteiger partial charge < -0.3 is 38.6 Å². The van der Waals surface area contributed by atoms with Crippen LogP contribution in [0.5, 0.6) is 23.0 Å². The molecule has 0 aromatic heterocycles. The number of para-hydroxylation sites is 1. The van der Waals surface area contributed by atoms with Gasteiger partial charge in [-0.2, -0.15) is 0 Å². The molecule has 0 radical (unpaired) electrons. The van der Waals surface area contributed by atoms with Gasteiger partial charge in [0.15, 0.2) is 0 Å². The molecule has 0 saturated carbocycles. The first-order valence-corrected chi connectivity index (χ1v) is 17.4. The third-order valence-corrected chi connectivity index (χ3v) is 9.90. The van der Waals surface area contributed by atoms with Gasteiger partial charge in [0, 0.05) is 62.8 Å². The Bertz CT molecular complexity index is 1670. The van der Waals surface area contributed by atoms with Gasteiger partial charge in [-0.3, -0.25) is 4.90 Å². The SMILES string of the molecule is COC[C@H](CN1CCOCC1)Nc1ccc2c(c1)Sc1cccc(-c3cc(OCc4ccc(OC)cc4)cc(N4CCOCC4)c3)c1O2. The Morgan fingerprint density at radius 2 is 1.60 bits per heavy atom. The van der Waals surface area contributed by atoms with E-state index >= 15 is 0 Å². The van der Waals surface area contributed by atoms with Crippen molar-refractivity contribution >= 4 is 23.1 Å². The zero-order chi connectivity index (χ0) is 32.7. The molecule has 7 rings (SSSR count). The molecule has 252 valence electrons. The number of benzene rings is 4. The fraction of sp³-hybridized carbons (Fsp3) is 0.368. The van der Waals surface area contributed by atoms with Crippen molar-refractivity contribution in [3.63, 3.8) is 0 Å². The maximum absolute atomic E-state index is 6.69. The van der Waals surface area contributed by atoms with Gasteiger partial charge in [-0.15, -0.1) is 0 Å². The minimum atomic E-state index is 0.166. The van der Waals surface area contributed by atoms with Crippen LogP contribution in [0.3, 0.4) is 0 Å². The van der Waals surface area contributed by atoms with Crippen LogP contribution < -0.4 is 24.4 Å². The Balaban J connectivity index is 1.13. The number of nitrogens with zero attached hydrogens (tertiary/aromatic N) is 2. The Kier molecular flexibility index (Phi) is 10.5. The standard InChI is InChI=1S/C38H43N3O6S/c1-42-26-30(24-40-12-16-44-17-13-40)39-29-8-11-35-37(22-29)48-36-5-3-4-34(38(36)47-35)28-20-31(41-14-18-45-19-15-41)23-33(21-28)46-25-27-6-9-32(43-2)10-7-27/h3-11,20-23,30,39H,12-19,24-26H2,1-2H3/t30-/m0/s1. The summed E-state index contributed by atoms with van der Waals surface area (Å²) in [6.07, 6.45) is 0. The number of hydrogen-bond donors (Lipinski definition) is 1. The fourth-order valence-electron chi connectivity index (χ4n) is 6.31. The lowest BCUT2D eigenvalue weighted by molar-refractivity contribution is 0.0319. The van der Waals surface area contributed by atoms with Crippen molar-refractivity contribution < 1.29 is 28.4 Å². The molecule has 9 nitrogen and oxygen atoms in total. The summed E-state index contributed by atoms with van der Waals surface area (Å²) in [6, 6.07) is 27.3. The number of methoxy groups -OCH3 is 2. The van der Waals surface area contributed by atoms with Crippen molar-refractivity contribution in [3.05, 3.63) is 84.4 Å². The molecular formula is C38H43N3O6S. The predicted molar refractivity (Wildman–Crippen MR) is 189 cm³/mol. The molecule has 4 aromatic carbocycles. The van der Waals surface area contributed by atoms with Crippen LogP contribution in [0, 0.1) is 0 Å². The van der Waals surface area contributed by atoms with Crippen molar-refractivity contribution in [2.45, 2.75) is 22.4 Å². The van der Waals surface area contributed by atoms with Crippen molar-refractivity contribution in [1.82, 2.24) is 4.90 Å². The Labute approximate surface area is 287 Å². The molecule has 2 fully saturated rings. The Hall–Kier alpha value is -3.93. The van der Waals surface area contributed by atoms with Gasteiger partial charge in [-0.05, 0) is 59.7 Å². The lowest BCUT2D eigenvalue weighted by Gasteiger charge is -2.31. The monoisotopic (exact) mass is 669 g/mol. The van der Waals surface area contributed by atoms with Crippen molar-refractivity contribution in [1.29, 1.82) is 0 Å². The average molecular weight is 670 g/mol. The minimum absolute atomic E-state index is 0.166. The van der Waals surface area contributed by atoms with E-state index in [1.54, 1.807) is 26.0 Å². The molecule has 3 aliphatic rings. The molecule has 0 bridgehead atoms. The summed E-state index contributed by atoms with van der Waals surface area (Å²) >= 11 is 1.74. The number of morpholine rings is 2. The third kappa shape index (κ3) is 7.85. The summed E-state index contributed by atoms with van der Waals surface area (Å²) in [5.74, 6) is 3.35. The number of hydrogen-bond acceptors (Lipinski definition) is 10. The lowest BCUT2D eigenvalue weighted by atomic mass is 10.0. The van der Waals surface area contributed by atoms with Crippen LogP contribution in [0.25, 0.3) is 11.1 Å². The van der Waals surface area contributed by atoms with Gasteiger partial charge in [-0.25, -0.2) is 0 Å². The first kappa shape index (κ1) is 32.6. The average Bonchev–Trinajstić information content (AvgIpc) is 3.14. The van der Waals surface area contributed by atoms with Gasteiger partial charge in [0.25, 0.3) is 0 Å². The van der Waals surface area contributed by atoms with Gasteiger partial charge in [0.1, 0.15) is 29.6 Å². The summed E-state index contributed by atoms with van der Waals surface area (Å²) in [5.41, 5.74) is 5.32. The van der Waals surface area contributed by atoms with E-state index in [-0.39, 0.29) is 6.04 Å². The predicted octanol–water partition coefficient (Wildman–Crippen LogP) is 6.79. The van der Waals surface area contributed by atoms with Crippen LogP contribution in [0.1, 0.15) is 5.56 Å². The number of ether oxygens (including phenoxy) is 6. The number of fused-ring (bicyclic) bond motifs is 2. The maximum atomic E-state index is 6.69. The smallest absolute Gasteiger partial charge is 0.149 e. The van der Waals surface area contributed by atoms with E-state index in [2.05, 4.69) is 69.7 Å². The second-order valence-electron chi connectivity index (χ2n) is 12.2. The second kappa shape index (κ2) is 15.5. The first-order valence-electron chi connectivity index (χ1n) is 16.6. The zero-order valence-corrected chi connectivity index (χ0v) is 28.4. The molecule has 0 spiro atoms. The lowest BCUT2D eigenvalue weighted by Crippen LogP contribution is -2.44. The highest BCUT2D eigenvalue weighted by Crippen LogP contribution is 2.52. The molecule has 3 heterocycles. The minimum Gasteiger partial charge on any atom is -0.497 e. The largest absolute Gasteiger partial charge is 0.497 e. The third-order valence-electron chi connectivity index (χ3n) is 8.82. The maximum Gasteiger partial charge on any atom is 0.149 e. The normalized spacial score (nSPS) is 16.8. The fourth-order valence-corrected chi connectivity index (χ4v) is 7.33.